The molecule has 166 valence electrons. The first-order chi connectivity index (χ1) is 15.0. The Kier molecular flexibility index (Phi) is 6.70. The zero-order valence-electron chi connectivity index (χ0n) is 17.7. The van der Waals surface area contributed by atoms with Crippen LogP contribution in [-0.4, -0.2) is 74.0 Å². The third-order valence-electron chi connectivity index (χ3n) is 5.93. The average molecular weight is 430 g/mol. The van der Waals surface area contributed by atoms with Gasteiger partial charge in [-0.1, -0.05) is 18.2 Å². The number of halogens is 2. The second kappa shape index (κ2) is 9.64. The molecule has 2 aliphatic rings. The number of rotatable bonds is 7. The summed E-state index contributed by atoms with van der Waals surface area (Å²) in [5, 5.41) is 0. The van der Waals surface area contributed by atoms with Crippen LogP contribution in [0, 0.1) is 0 Å². The van der Waals surface area contributed by atoms with Crippen LogP contribution in [0.15, 0.2) is 54.6 Å². The van der Waals surface area contributed by atoms with Gasteiger partial charge in [-0.2, -0.15) is 0 Å². The van der Waals surface area contributed by atoms with E-state index in [9.17, 15) is 13.6 Å². The number of alkyl halides is 2. The van der Waals surface area contributed by atoms with E-state index in [1.54, 1.807) is 4.90 Å². The van der Waals surface area contributed by atoms with Gasteiger partial charge in [-0.25, -0.2) is 8.78 Å². The van der Waals surface area contributed by atoms with Crippen LogP contribution in [-0.2, 0) is 0 Å². The molecule has 31 heavy (non-hydrogen) atoms. The Labute approximate surface area is 182 Å². The molecule has 2 heterocycles. The fourth-order valence-corrected chi connectivity index (χ4v) is 4.16. The molecule has 2 aromatic rings. The van der Waals surface area contributed by atoms with Gasteiger partial charge in [0.2, 0.25) is 0 Å². The maximum Gasteiger partial charge on any atom is 0.261 e. The number of piperazine rings is 1. The Morgan fingerprint density at radius 1 is 0.935 bits per heavy atom. The predicted octanol–water partition coefficient (Wildman–Crippen LogP) is 3.76. The molecule has 0 bridgehead atoms. The third kappa shape index (κ3) is 5.73. The van der Waals surface area contributed by atoms with E-state index in [1.165, 1.54) is 0 Å². The van der Waals surface area contributed by atoms with Gasteiger partial charge in [-0.3, -0.25) is 9.69 Å². The molecular formula is C24H29F2N3O2. The molecular weight excluding hydrogens is 400 g/mol. The Hall–Kier alpha value is -2.67. The molecule has 0 radical (unpaired) electrons. The van der Waals surface area contributed by atoms with E-state index in [0.29, 0.717) is 32.8 Å². The van der Waals surface area contributed by atoms with Crippen LogP contribution in [0.3, 0.4) is 0 Å². The van der Waals surface area contributed by atoms with Crippen molar-refractivity contribution in [3.8, 4) is 5.75 Å². The summed E-state index contributed by atoms with van der Waals surface area (Å²) in [5.74, 6) is -1.66. The van der Waals surface area contributed by atoms with E-state index >= 15 is 0 Å². The fourth-order valence-electron chi connectivity index (χ4n) is 4.16. The highest BCUT2D eigenvalue weighted by Crippen LogP contribution is 2.26. The Bertz CT molecular complexity index is 853. The molecule has 0 saturated carbocycles. The van der Waals surface area contributed by atoms with Crippen LogP contribution in [0.5, 0.6) is 5.75 Å². The van der Waals surface area contributed by atoms with E-state index < -0.39 is 5.92 Å². The highest BCUT2D eigenvalue weighted by Gasteiger charge is 2.37. The smallest absolute Gasteiger partial charge is 0.261 e. The van der Waals surface area contributed by atoms with Gasteiger partial charge in [0.25, 0.3) is 11.8 Å². The Morgan fingerprint density at radius 2 is 1.65 bits per heavy atom. The lowest BCUT2D eigenvalue weighted by molar-refractivity contribution is 0.0118. The number of anilines is 1. The SMILES string of the molecule is O=C(c1ccccc1)N1CCN(c2ccc(OCCCN3CCC(F)(F)C3)cc2)CC1. The molecule has 2 aliphatic heterocycles. The number of amides is 1. The molecule has 2 fully saturated rings. The summed E-state index contributed by atoms with van der Waals surface area (Å²) in [6.45, 7) is 4.46. The Morgan fingerprint density at radius 3 is 2.29 bits per heavy atom. The molecule has 0 unspecified atom stereocenters. The standard InChI is InChI=1S/C24H29F2N3O2/c25-24(26)11-13-27(19-24)12-4-18-31-22-9-7-21(8-10-22)28-14-16-29(17-15-28)23(30)20-5-2-1-3-6-20/h1-3,5-10H,4,11-19H2. The summed E-state index contributed by atoms with van der Waals surface area (Å²) in [7, 11) is 0. The second-order valence-electron chi connectivity index (χ2n) is 8.22. The third-order valence-corrected chi connectivity index (χ3v) is 5.93. The van der Waals surface area contributed by atoms with Crippen molar-refractivity contribution < 1.29 is 18.3 Å². The molecule has 2 aromatic carbocycles. The molecule has 0 N–H and O–H groups in total. The number of likely N-dealkylation sites (tertiary alicyclic amines) is 1. The zero-order chi connectivity index (χ0) is 21.7. The van der Waals surface area contributed by atoms with Gasteiger partial charge in [0, 0.05) is 56.9 Å². The zero-order valence-corrected chi connectivity index (χ0v) is 17.7. The first-order valence-electron chi connectivity index (χ1n) is 10.9. The fraction of sp³-hybridized carbons (Fsp3) is 0.458. The van der Waals surface area contributed by atoms with Crippen molar-refractivity contribution in [2.24, 2.45) is 0 Å². The van der Waals surface area contributed by atoms with Gasteiger partial charge in [0.15, 0.2) is 0 Å². The van der Waals surface area contributed by atoms with Crippen LogP contribution in [0.4, 0.5) is 14.5 Å². The summed E-state index contributed by atoms with van der Waals surface area (Å²) >= 11 is 0. The Balaban J connectivity index is 1.19. The molecule has 2 saturated heterocycles. The van der Waals surface area contributed by atoms with E-state index in [1.807, 2.05) is 59.5 Å². The maximum absolute atomic E-state index is 13.2. The molecule has 0 spiro atoms. The van der Waals surface area contributed by atoms with E-state index in [2.05, 4.69) is 4.90 Å². The average Bonchev–Trinajstić information content (AvgIpc) is 3.16. The largest absolute Gasteiger partial charge is 0.494 e. The monoisotopic (exact) mass is 429 g/mol. The molecule has 1 amide bonds. The summed E-state index contributed by atoms with van der Waals surface area (Å²) in [5.41, 5.74) is 1.84. The second-order valence-corrected chi connectivity index (χ2v) is 8.22. The minimum Gasteiger partial charge on any atom is -0.494 e. The van der Waals surface area contributed by atoms with E-state index in [-0.39, 0.29) is 18.9 Å². The first kappa shape index (κ1) is 21.6. The summed E-state index contributed by atoms with van der Waals surface area (Å²) in [6, 6.07) is 17.4. The topological polar surface area (TPSA) is 36.0 Å². The molecule has 4 rings (SSSR count). The number of ether oxygens (including phenoxy) is 1. The number of carbonyl (C=O) groups excluding carboxylic acids is 1. The molecule has 0 aliphatic carbocycles. The number of carbonyl (C=O) groups is 1. The van der Waals surface area contributed by atoms with Crippen LogP contribution in [0.1, 0.15) is 23.2 Å². The van der Waals surface area contributed by atoms with Gasteiger partial charge in [0.1, 0.15) is 5.75 Å². The number of hydrogen-bond acceptors (Lipinski definition) is 4. The summed E-state index contributed by atoms with van der Waals surface area (Å²) in [4.78, 5) is 18.6. The highest BCUT2D eigenvalue weighted by molar-refractivity contribution is 5.94. The van der Waals surface area contributed by atoms with Crippen molar-refractivity contribution in [3.63, 3.8) is 0 Å². The maximum atomic E-state index is 13.2. The van der Waals surface area contributed by atoms with E-state index in [4.69, 9.17) is 4.74 Å². The first-order valence-corrected chi connectivity index (χ1v) is 10.9. The van der Waals surface area contributed by atoms with Gasteiger partial charge < -0.3 is 14.5 Å². The van der Waals surface area contributed by atoms with Gasteiger partial charge >= 0.3 is 0 Å². The molecule has 7 heteroatoms. The van der Waals surface area contributed by atoms with Crippen molar-refractivity contribution >= 4 is 11.6 Å². The quantitative estimate of drug-likeness (QED) is 0.628. The number of benzene rings is 2. The van der Waals surface area contributed by atoms with Crippen molar-refractivity contribution in [1.29, 1.82) is 0 Å². The predicted molar refractivity (Wildman–Crippen MR) is 117 cm³/mol. The van der Waals surface area contributed by atoms with Crippen LogP contribution in [0.2, 0.25) is 0 Å². The minimum atomic E-state index is -2.53. The summed E-state index contributed by atoms with van der Waals surface area (Å²) in [6.07, 6.45) is 0.694. The number of hydrogen-bond donors (Lipinski definition) is 0. The van der Waals surface area contributed by atoms with Crippen LogP contribution >= 0.6 is 0 Å². The summed E-state index contributed by atoms with van der Waals surface area (Å²) < 4.78 is 32.2. The lowest BCUT2D eigenvalue weighted by atomic mass is 10.1. The van der Waals surface area contributed by atoms with Crippen LogP contribution in [0.25, 0.3) is 0 Å². The van der Waals surface area contributed by atoms with Crippen molar-refractivity contribution in [1.82, 2.24) is 9.80 Å². The van der Waals surface area contributed by atoms with Crippen molar-refractivity contribution in [3.05, 3.63) is 60.2 Å². The van der Waals surface area contributed by atoms with Gasteiger partial charge in [-0.05, 0) is 42.8 Å². The van der Waals surface area contributed by atoms with Crippen molar-refractivity contribution in [2.75, 3.05) is 57.3 Å². The van der Waals surface area contributed by atoms with Crippen molar-refractivity contribution in [2.45, 2.75) is 18.8 Å². The molecule has 0 atom stereocenters. The van der Waals surface area contributed by atoms with Crippen LogP contribution < -0.4 is 9.64 Å². The normalized spacial score (nSPS) is 18.9. The van der Waals surface area contributed by atoms with Gasteiger partial charge in [0.05, 0.1) is 13.2 Å². The highest BCUT2D eigenvalue weighted by atomic mass is 19.3. The van der Waals surface area contributed by atoms with E-state index in [0.717, 1.165) is 36.5 Å². The molecule has 5 nitrogen and oxygen atoms in total. The van der Waals surface area contributed by atoms with Gasteiger partial charge in [-0.15, -0.1) is 0 Å². The lowest BCUT2D eigenvalue weighted by Crippen LogP contribution is -2.48. The lowest BCUT2D eigenvalue weighted by Gasteiger charge is -2.36. The molecule has 0 aromatic heterocycles. The number of nitrogens with zero attached hydrogens (tertiary/aromatic N) is 3. The minimum absolute atomic E-state index is 0.0377.